The van der Waals surface area contributed by atoms with Crippen LogP contribution in [0.15, 0.2) is 72.9 Å². The van der Waals surface area contributed by atoms with Gasteiger partial charge in [-0.25, -0.2) is 9.37 Å². The lowest BCUT2D eigenvalue weighted by Crippen LogP contribution is -2.46. The minimum Gasteiger partial charge on any atom is -0.497 e. The monoisotopic (exact) mass is 492 g/mol. The fourth-order valence-corrected chi connectivity index (χ4v) is 3.61. The number of hydrogen-bond acceptors (Lipinski definition) is 5. The van der Waals surface area contributed by atoms with Crippen LogP contribution in [-0.4, -0.2) is 35.9 Å². The first kappa shape index (κ1) is 26.3. The second-order valence-electron chi connectivity index (χ2n) is 8.35. The van der Waals surface area contributed by atoms with Gasteiger partial charge in [-0.15, -0.1) is 0 Å². The topological polar surface area (TPSA) is 101 Å². The van der Waals surface area contributed by atoms with E-state index in [1.165, 1.54) is 30.2 Å². The van der Waals surface area contributed by atoms with Crippen LogP contribution < -0.4 is 20.3 Å². The largest absolute Gasteiger partial charge is 0.497 e. The first-order valence-electron chi connectivity index (χ1n) is 11.5. The lowest BCUT2D eigenvalue weighted by Gasteiger charge is -2.32. The first-order valence-corrected chi connectivity index (χ1v) is 11.5. The molecule has 8 nitrogen and oxygen atoms in total. The number of nitrogens with zero attached hydrogens (tertiary/aromatic N) is 2. The average Bonchev–Trinajstić information content (AvgIpc) is 2.86. The van der Waals surface area contributed by atoms with Crippen molar-refractivity contribution in [2.24, 2.45) is 0 Å². The molecule has 2 N–H and O–H groups in total. The van der Waals surface area contributed by atoms with Crippen molar-refractivity contribution in [1.82, 2.24) is 10.3 Å². The highest BCUT2D eigenvalue weighted by atomic mass is 19.1. The Bertz CT molecular complexity index is 1190. The van der Waals surface area contributed by atoms with Gasteiger partial charge in [0.05, 0.1) is 7.11 Å². The summed E-state index contributed by atoms with van der Waals surface area (Å²) in [6.45, 7) is 3.61. The van der Waals surface area contributed by atoms with Crippen LogP contribution in [0.3, 0.4) is 0 Å². The van der Waals surface area contributed by atoms with E-state index in [9.17, 15) is 18.8 Å². The van der Waals surface area contributed by atoms with Gasteiger partial charge in [-0.05, 0) is 61.9 Å². The van der Waals surface area contributed by atoms with Crippen molar-refractivity contribution in [3.8, 4) is 5.75 Å². The summed E-state index contributed by atoms with van der Waals surface area (Å²) in [5.41, 5.74) is 0.703. The van der Waals surface area contributed by atoms with Crippen molar-refractivity contribution in [3.63, 3.8) is 0 Å². The van der Waals surface area contributed by atoms with E-state index in [0.29, 0.717) is 17.1 Å². The van der Waals surface area contributed by atoms with E-state index < -0.39 is 29.6 Å². The number of ether oxygens (including phenoxy) is 1. The molecule has 0 radical (unpaired) electrons. The van der Waals surface area contributed by atoms with Gasteiger partial charge in [0.15, 0.2) is 0 Å². The number of pyridine rings is 1. The number of methoxy groups -OCH3 is 1. The fourth-order valence-electron chi connectivity index (χ4n) is 3.61. The molecule has 0 spiro atoms. The molecule has 188 valence electrons. The molecular weight excluding hydrogens is 463 g/mol. The highest BCUT2D eigenvalue weighted by Gasteiger charge is 2.33. The Morgan fingerprint density at radius 3 is 2.36 bits per heavy atom. The molecule has 0 bridgehead atoms. The van der Waals surface area contributed by atoms with E-state index in [1.807, 2.05) is 0 Å². The molecule has 3 rings (SSSR count). The summed E-state index contributed by atoms with van der Waals surface area (Å²) < 4.78 is 19.4. The number of amides is 3. The van der Waals surface area contributed by atoms with Crippen molar-refractivity contribution in [2.45, 2.75) is 38.8 Å². The molecule has 1 atom stereocenters. The van der Waals surface area contributed by atoms with Crippen LogP contribution in [0.5, 0.6) is 5.75 Å². The van der Waals surface area contributed by atoms with Gasteiger partial charge in [-0.3, -0.25) is 19.3 Å². The molecule has 0 saturated heterocycles. The van der Waals surface area contributed by atoms with Gasteiger partial charge in [-0.2, -0.15) is 0 Å². The quantitative estimate of drug-likeness (QED) is 0.441. The summed E-state index contributed by atoms with van der Waals surface area (Å²) in [6.07, 6.45) is 1.18. The lowest BCUT2D eigenvalue weighted by molar-refractivity contribution is -0.127. The van der Waals surface area contributed by atoms with Crippen LogP contribution in [0.25, 0.3) is 0 Å². The van der Waals surface area contributed by atoms with Gasteiger partial charge in [0, 0.05) is 30.8 Å². The molecule has 9 heteroatoms. The molecule has 2 aromatic carbocycles. The molecule has 36 heavy (non-hydrogen) atoms. The number of rotatable bonds is 10. The number of anilines is 2. The van der Waals surface area contributed by atoms with Crippen LogP contribution >= 0.6 is 0 Å². The second-order valence-corrected chi connectivity index (χ2v) is 8.35. The standard InChI is InChI=1S/C27H29FN4O4/c1-18(2)30-27(35)26(19-10-12-22(36-3)13-11-19)32(21-8-6-7-20(28)17-21)25(34)15-14-24(33)31-23-9-4-5-16-29-23/h4-13,16-18,26H,14-15H2,1-3H3,(H,30,35)(H,29,31,33). The highest BCUT2D eigenvalue weighted by molar-refractivity contribution is 6.03. The number of aromatic nitrogens is 1. The molecular formula is C27H29FN4O4. The average molecular weight is 493 g/mol. The number of hydrogen-bond donors (Lipinski definition) is 2. The van der Waals surface area contributed by atoms with E-state index in [-0.39, 0.29) is 24.6 Å². The van der Waals surface area contributed by atoms with E-state index >= 15 is 0 Å². The molecule has 0 fully saturated rings. The molecule has 0 aliphatic heterocycles. The van der Waals surface area contributed by atoms with Crippen molar-refractivity contribution >= 4 is 29.2 Å². The SMILES string of the molecule is COc1ccc(C(C(=O)NC(C)C)N(C(=O)CCC(=O)Nc2ccccn2)c2cccc(F)c2)cc1. The van der Waals surface area contributed by atoms with Gasteiger partial charge in [0.2, 0.25) is 17.7 Å². The molecule has 0 aliphatic carbocycles. The van der Waals surface area contributed by atoms with Crippen LogP contribution in [0.2, 0.25) is 0 Å². The van der Waals surface area contributed by atoms with E-state index in [0.717, 1.165) is 0 Å². The molecule has 3 aromatic rings. The molecule has 0 aliphatic rings. The zero-order valence-corrected chi connectivity index (χ0v) is 20.4. The van der Waals surface area contributed by atoms with E-state index in [4.69, 9.17) is 4.74 Å². The summed E-state index contributed by atoms with van der Waals surface area (Å²) >= 11 is 0. The Morgan fingerprint density at radius 1 is 1.00 bits per heavy atom. The van der Waals surface area contributed by atoms with Gasteiger partial charge in [0.1, 0.15) is 23.4 Å². The Balaban J connectivity index is 1.94. The maximum atomic E-state index is 14.2. The summed E-state index contributed by atoms with van der Waals surface area (Å²) in [4.78, 5) is 44.6. The van der Waals surface area contributed by atoms with Crippen LogP contribution in [0.4, 0.5) is 15.9 Å². The summed E-state index contributed by atoms with van der Waals surface area (Å²) in [5, 5.41) is 5.48. The minimum atomic E-state index is -1.11. The summed E-state index contributed by atoms with van der Waals surface area (Å²) in [6, 6.07) is 15.9. The van der Waals surface area contributed by atoms with Gasteiger partial charge in [0.25, 0.3) is 0 Å². The third-order valence-corrected chi connectivity index (χ3v) is 5.22. The van der Waals surface area contributed by atoms with Crippen molar-refractivity contribution in [3.05, 3.63) is 84.3 Å². The molecule has 3 amide bonds. The molecule has 0 saturated carbocycles. The predicted octanol–water partition coefficient (Wildman–Crippen LogP) is 4.25. The number of nitrogens with one attached hydrogen (secondary N) is 2. The van der Waals surface area contributed by atoms with E-state index in [2.05, 4.69) is 15.6 Å². The summed E-state index contributed by atoms with van der Waals surface area (Å²) in [5.74, 6) is -0.979. The molecule has 1 unspecified atom stereocenters. The fraction of sp³-hybridized carbons (Fsp3) is 0.259. The normalized spacial score (nSPS) is 11.5. The Kier molecular flexibility index (Phi) is 9.10. The predicted molar refractivity (Wildman–Crippen MR) is 135 cm³/mol. The Hall–Kier alpha value is -4.27. The van der Waals surface area contributed by atoms with Crippen molar-refractivity contribution in [2.75, 3.05) is 17.3 Å². The Labute approximate surface area is 209 Å². The third kappa shape index (κ3) is 7.11. The smallest absolute Gasteiger partial charge is 0.248 e. The maximum Gasteiger partial charge on any atom is 0.248 e. The second kappa shape index (κ2) is 12.4. The van der Waals surface area contributed by atoms with Gasteiger partial charge < -0.3 is 15.4 Å². The molecule has 1 heterocycles. The van der Waals surface area contributed by atoms with Crippen LogP contribution in [0.1, 0.15) is 38.3 Å². The zero-order chi connectivity index (χ0) is 26.1. The number of benzene rings is 2. The number of carbonyl (C=O) groups excluding carboxylic acids is 3. The number of carbonyl (C=O) groups is 3. The van der Waals surface area contributed by atoms with E-state index in [1.54, 1.807) is 68.6 Å². The van der Waals surface area contributed by atoms with Crippen LogP contribution in [-0.2, 0) is 14.4 Å². The lowest BCUT2D eigenvalue weighted by atomic mass is 10.0. The van der Waals surface area contributed by atoms with Gasteiger partial charge >= 0.3 is 0 Å². The minimum absolute atomic E-state index is 0.150. The van der Waals surface area contributed by atoms with Crippen LogP contribution in [0, 0.1) is 5.82 Å². The van der Waals surface area contributed by atoms with Crippen molar-refractivity contribution in [1.29, 1.82) is 0 Å². The zero-order valence-electron chi connectivity index (χ0n) is 20.4. The van der Waals surface area contributed by atoms with Crippen molar-refractivity contribution < 1.29 is 23.5 Å². The number of halogens is 1. The molecule has 1 aromatic heterocycles. The Morgan fingerprint density at radius 2 is 1.75 bits per heavy atom. The third-order valence-electron chi connectivity index (χ3n) is 5.22. The maximum absolute atomic E-state index is 14.2. The first-order chi connectivity index (χ1) is 17.3. The van der Waals surface area contributed by atoms with Gasteiger partial charge in [-0.1, -0.05) is 24.3 Å². The summed E-state index contributed by atoms with van der Waals surface area (Å²) in [7, 11) is 1.52. The highest BCUT2D eigenvalue weighted by Crippen LogP contribution is 2.30.